The number of amides is 2. The molecule has 1 atom stereocenters. The SMILES string of the molecule is CC(C)(C)ON(Cc1ccc(CN2CCc3ccccc3CC2CC(=O)O)cc1)C(=O)C=NNC=O. The molecule has 2 aromatic rings. The zero-order chi connectivity index (χ0) is 26.1. The number of benzene rings is 2. The monoisotopic (exact) mass is 494 g/mol. The predicted octanol–water partition coefficient (Wildman–Crippen LogP) is 2.92. The lowest BCUT2D eigenvalue weighted by Gasteiger charge is -2.30. The van der Waals surface area contributed by atoms with E-state index in [9.17, 15) is 19.5 Å². The molecule has 1 aliphatic rings. The zero-order valence-electron chi connectivity index (χ0n) is 21.0. The Morgan fingerprint density at radius 1 is 1.14 bits per heavy atom. The summed E-state index contributed by atoms with van der Waals surface area (Å²) in [5.41, 5.74) is 5.89. The van der Waals surface area contributed by atoms with Crippen LogP contribution in [-0.2, 0) is 45.2 Å². The van der Waals surface area contributed by atoms with E-state index in [0.717, 1.165) is 30.3 Å². The van der Waals surface area contributed by atoms with Gasteiger partial charge in [-0.25, -0.2) is 10.5 Å². The Balaban J connectivity index is 1.71. The molecule has 0 aromatic heterocycles. The Kier molecular flexibility index (Phi) is 9.32. The fourth-order valence-corrected chi connectivity index (χ4v) is 4.26. The number of carboxylic acids is 1. The second-order valence-electron chi connectivity index (χ2n) is 9.85. The van der Waals surface area contributed by atoms with Crippen molar-refractivity contribution in [2.75, 3.05) is 6.54 Å². The molecule has 0 aliphatic carbocycles. The van der Waals surface area contributed by atoms with Crippen LogP contribution in [0.1, 0.15) is 49.4 Å². The standard InChI is InChI=1S/C27H34N4O5/c1-27(2,3)36-31(25(33)16-28-29-19-32)18-21-10-8-20(9-11-21)17-30-13-12-22-6-4-5-7-23(22)14-24(30)15-26(34)35/h4-11,16,19,24H,12-15,17-18H2,1-3H3,(H,29,32)(H,34,35). The van der Waals surface area contributed by atoms with E-state index in [4.69, 9.17) is 4.84 Å². The minimum absolute atomic E-state index is 0.0848. The molecule has 0 bridgehead atoms. The number of carboxylic acid groups (broad SMARTS) is 1. The summed E-state index contributed by atoms with van der Waals surface area (Å²) < 4.78 is 0. The highest BCUT2D eigenvalue weighted by Crippen LogP contribution is 2.24. The summed E-state index contributed by atoms with van der Waals surface area (Å²) in [6, 6.07) is 16.0. The van der Waals surface area contributed by atoms with Gasteiger partial charge in [0, 0.05) is 19.1 Å². The lowest BCUT2D eigenvalue weighted by Crippen LogP contribution is -2.39. The molecule has 9 nitrogen and oxygen atoms in total. The number of nitrogens with zero attached hydrogens (tertiary/aromatic N) is 3. The number of aliphatic carboxylic acids is 1. The topological polar surface area (TPSA) is 112 Å². The van der Waals surface area contributed by atoms with E-state index < -0.39 is 17.5 Å². The molecule has 0 fully saturated rings. The van der Waals surface area contributed by atoms with Crippen LogP contribution in [-0.4, -0.2) is 57.8 Å². The van der Waals surface area contributed by atoms with E-state index in [0.29, 0.717) is 19.4 Å². The Morgan fingerprint density at radius 2 is 1.81 bits per heavy atom. The maximum absolute atomic E-state index is 12.5. The van der Waals surface area contributed by atoms with E-state index in [1.54, 1.807) is 0 Å². The fraction of sp³-hybridized carbons (Fsp3) is 0.407. The predicted molar refractivity (Wildman–Crippen MR) is 136 cm³/mol. The van der Waals surface area contributed by atoms with Crippen molar-refractivity contribution in [1.82, 2.24) is 15.4 Å². The van der Waals surface area contributed by atoms with Gasteiger partial charge in [0.05, 0.1) is 18.6 Å². The first-order valence-electron chi connectivity index (χ1n) is 12.0. The third-order valence-corrected chi connectivity index (χ3v) is 5.84. The second-order valence-corrected chi connectivity index (χ2v) is 9.85. The molecule has 1 unspecified atom stereocenters. The van der Waals surface area contributed by atoms with Crippen molar-refractivity contribution in [1.29, 1.82) is 0 Å². The van der Waals surface area contributed by atoms with E-state index in [2.05, 4.69) is 27.6 Å². The van der Waals surface area contributed by atoms with Crippen LogP contribution in [0, 0.1) is 0 Å². The van der Waals surface area contributed by atoms with Gasteiger partial charge in [-0.1, -0.05) is 48.5 Å². The van der Waals surface area contributed by atoms with Crippen molar-refractivity contribution in [2.45, 2.75) is 64.8 Å². The Hall–Kier alpha value is -3.56. The van der Waals surface area contributed by atoms with Gasteiger partial charge in [0.1, 0.15) is 6.21 Å². The Bertz CT molecular complexity index is 1080. The van der Waals surface area contributed by atoms with Crippen molar-refractivity contribution < 1.29 is 24.3 Å². The number of rotatable bonds is 10. The van der Waals surface area contributed by atoms with Crippen molar-refractivity contribution >= 4 is 24.5 Å². The molecule has 0 radical (unpaired) electrons. The number of hydrogen-bond acceptors (Lipinski definition) is 6. The second kappa shape index (κ2) is 12.4. The molecular formula is C27H34N4O5. The van der Waals surface area contributed by atoms with E-state index in [1.807, 2.05) is 57.2 Å². The Labute approximate surface area is 211 Å². The third-order valence-electron chi connectivity index (χ3n) is 5.84. The van der Waals surface area contributed by atoms with Crippen LogP contribution < -0.4 is 5.43 Å². The van der Waals surface area contributed by atoms with Crippen molar-refractivity contribution in [3.05, 3.63) is 70.8 Å². The first kappa shape index (κ1) is 27.0. The normalized spacial score (nSPS) is 16.2. The highest BCUT2D eigenvalue weighted by atomic mass is 16.7. The summed E-state index contributed by atoms with van der Waals surface area (Å²) in [6.07, 6.45) is 3.05. The summed E-state index contributed by atoms with van der Waals surface area (Å²) in [5.74, 6) is -1.29. The van der Waals surface area contributed by atoms with Crippen molar-refractivity contribution in [3.8, 4) is 0 Å². The van der Waals surface area contributed by atoms with Crippen LogP contribution in [0.4, 0.5) is 0 Å². The molecule has 2 amide bonds. The third kappa shape index (κ3) is 8.28. The highest BCUT2D eigenvalue weighted by molar-refractivity contribution is 6.25. The molecule has 0 saturated carbocycles. The van der Waals surface area contributed by atoms with Gasteiger partial charge in [0.2, 0.25) is 6.41 Å². The molecule has 9 heteroatoms. The first-order valence-corrected chi connectivity index (χ1v) is 12.0. The minimum Gasteiger partial charge on any atom is -0.481 e. The average Bonchev–Trinajstić information content (AvgIpc) is 2.98. The van der Waals surface area contributed by atoms with Gasteiger partial charge in [-0.2, -0.15) is 5.10 Å². The highest BCUT2D eigenvalue weighted by Gasteiger charge is 2.26. The molecule has 0 spiro atoms. The lowest BCUT2D eigenvalue weighted by molar-refractivity contribution is -0.225. The smallest absolute Gasteiger partial charge is 0.304 e. The van der Waals surface area contributed by atoms with Gasteiger partial charge in [-0.3, -0.25) is 24.1 Å². The number of fused-ring (bicyclic) bond motifs is 1. The molecule has 2 aromatic carbocycles. The number of carbonyl (C=O) groups is 3. The van der Waals surface area contributed by atoms with Crippen molar-refractivity contribution in [2.24, 2.45) is 5.10 Å². The molecule has 192 valence electrons. The van der Waals surface area contributed by atoms with Crippen LogP contribution in [0.25, 0.3) is 0 Å². The summed E-state index contributed by atoms with van der Waals surface area (Å²) in [7, 11) is 0. The van der Waals surface area contributed by atoms with Gasteiger partial charge in [0.15, 0.2) is 0 Å². The van der Waals surface area contributed by atoms with Gasteiger partial charge in [0.25, 0.3) is 5.91 Å². The van der Waals surface area contributed by atoms with Crippen molar-refractivity contribution in [3.63, 3.8) is 0 Å². The zero-order valence-corrected chi connectivity index (χ0v) is 21.0. The van der Waals surface area contributed by atoms with Gasteiger partial charge in [-0.05, 0) is 55.9 Å². The molecule has 0 saturated heterocycles. The van der Waals surface area contributed by atoms with E-state index in [1.165, 1.54) is 16.2 Å². The first-order chi connectivity index (χ1) is 17.1. The van der Waals surface area contributed by atoms with E-state index in [-0.39, 0.29) is 19.0 Å². The summed E-state index contributed by atoms with van der Waals surface area (Å²) in [6.45, 7) is 7.13. The molecule has 1 heterocycles. The number of hydrazone groups is 1. The van der Waals surface area contributed by atoms with Crippen LogP contribution in [0.5, 0.6) is 0 Å². The summed E-state index contributed by atoms with van der Waals surface area (Å²) in [5, 5.41) is 14.3. The van der Waals surface area contributed by atoms with Crippen LogP contribution in [0.2, 0.25) is 0 Å². The number of nitrogens with one attached hydrogen (secondary N) is 1. The number of carbonyl (C=O) groups excluding carboxylic acids is 2. The fourth-order valence-electron chi connectivity index (χ4n) is 4.26. The van der Waals surface area contributed by atoms with Crippen LogP contribution >= 0.6 is 0 Å². The quantitative estimate of drug-likeness (QED) is 0.298. The average molecular weight is 495 g/mol. The molecule has 3 rings (SSSR count). The molecule has 2 N–H and O–H groups in total. The molecule has 1 aliphatic heterocycles. The minimum atomic E-state index is -0.796. The largest absolute Gasteiger partial charge is 0.481 e. The van der Waals surface area contributed by atoms with Gasteiger partial charge in [-0.15, -0.1) is 0 Å². The maximum Gasteiger partial charge on any atom is 0.304 e. The van der Waals surface area contributed by atoms with Crippen LogP contribution in [0.15, 0.2) is 53.6 Å². The maximum atomic E-state index is 12.5. The molecule has 36 heavy (non-hydrogen) atoms. The van der Waals surface area contributed by atoms with Gasteiger partial charge >= 0.3 is 5.97 Å². The number of hydroxylamine groups is 2. The van der Waals surface area contributed by atoms with Gasteiger partial charge < -0.3 is 5.11 Å². The molecular weight excluding hydrogens is 460 g/mol. The van der Waals surface area contributed by atoms with Crippen LogP contribution in [0.3, 0.4) is 0 Å². The Morgan fingerprint density at radius 3 is 2.44 bits per heavy atom. The van der Waals surface area contributed by atoms with E-state index >= 15 is 0 Å². The number of hydrogen-bond donors (Lipinski definition) is 2. The summed E-state index contributed by atoms with van der Waals surface area (Å²) in [4.78, 5) is 42.5. The lowest BCUT2D eigenvalue weighted by atomic mass is 9.99. The summed E-state index contributed by atoms with van der Waals surface area (Å²) >= 11 is 0.